The SMILES string of the molecule is Cc1ccc([N+](=O)[O-])cc1[C@H]1CC[C@H]1C(=O)Nc1cccc2cccnc12. The molecule has 0 bridgehead atoms. The van der Waals surface area contributed by atoms with Crippen molar-refractivity contribution in [2.75, 3.05) is 5.32 Å². The molecule has 2 aromatic carbocycles. The van der Waals surface area contributed by atoms with Gasteiger partial charge in [0, 0.05) is 29.6 Å². The number of benzene rings is 2. The van der Waals surface area contributed by atoms with E-state index in [0.717, 1.165) is 34.9 Å². The molecule has 0 aliphatic heterocycles. The van der Waals surface area contributed by atoms with Crippen LogP contribution in [0, 0.1) is 23.0 Å². The molecule has 1 aliphatic rings. The smallest absolute Gasteiger partial charge is 0.269 e. The summed E-state index contributed by atoms with van der Waals surface area (Å²) in [5.41, 5.74) is 3.40. The summed E-state index contributed by atoms with van der Waals surface area (Å²) in [7, 11) is 0. The highest BCUT2D eigenvalue weighted by molar-refractivity contribution is 6.01. The highest BCUT2D eigenvalue weighted by atomic mass is 16.6. The second-order valence-corrected chi connectivity index (χ2v) is 6.96. The van der Waals surface area contributed by atoms with Crippen LogP contribution in [0.4, 0.5) is 11.4 Å². The molecule has 1 saturated carbocycles. The molecule has 3 aromatic rings. The van der Waals surface area contributed by atoms with Gasteiger partial charge < -0.3 is 5.32 Å². The molecule has 136 valence electrons. The molecule has 0 saturated heterocycles. The Bertz CT molecular complexity index is 1040. The highest BCUT2D eigenvalue weighted by Crippen LogP contribution is 2.45. The Balaban J connectivity index is 1.58. The van der Waals surface area contributed by atoms with Crippen molar-refractivity contribution in [3.8, 4) is 0 Å². The molecule has 1 aromatic heterocycles. The second kappa shape index (κ2) is 6.79. The fourth-order valence-corrected chi connectivity index (χ4v) is 3.76. The lowest BCUT2D eigenvalue weighted by Crippen LogP contribution is -2.35. The topological polar surface area (TPSA) is 85.1 Å². The number of aryl methyl sites for hydroxylation is 1. The maximum atomic E-state index is 12.9. The van der Waals surface area contributed by atoms with Gasteiger partial charge in [-0.15, -0.1) is 0 Å². The number of pyridine rings is 1. The number of nitrogens with zero attached hydrogens (tertiary/aromatic N) is 2. The summed E-state index contributed by atoms with van der Waals surface area (Å²) in [5.74, 6) is -0.243. The molecule has 1 heterocycles. The Morgan fingerprint density at radius 2 is 2.00 bits per heavy atom. The maximum absolute atomic E-state index is 12.9. The molecule has 4 rings (SSSR count). The molecule has 0 spiro atoms. The van der Waals surface area contributed by atoms with Gasteiger partial charge in [0.2, 0.25) is 5.91 Å². The molecule has 6 nitrogen and oxygen atoms in total. The normalized spacial score (nSPS) is 18.7. The average molecular weight is 361 g/mol. The minimum absolute atomic E-state index is 0.00726. The molecule has 6 heteroatoms. The summed E-state index contributed by atoms with van der Waals surface area (Å²) < 4.78 is 0. The summed E-state index contributed by atoms with van der Waals surface area (Å²) in [6.07, 6.45) is 3.33. The number of nitrogens with one attached hydrogen (secondary N) is 1. The Morgan fingerprint density at radius 1 is 1.19 bits per heavy atom. The molecule has 27 heavy (non-hydrogen) atoms. The van der Waals surface area contributed by atoms with Crippen LogP contribution >= 0.6 is 0 Å². The predicted octanol–water partition coefficient (Wildman–Crippen LogP) is 4.58. The predicted molar refractivity (Wildman–Crippen MR) is 104 cm³/mol. The molecule has 1 fully saturated rings. The third-order valence-corrected chi connectivity index (χ3v) is 5.37. The average Bonchev–Trinajstić information content (AvgIpc) is 2.62. The number of fused-ring (bicyclic) bond motifs is 1. The van der Waals surface area contributed by atoms with E-state index in [1.807, 2.05) is 37.3 Å². The number of anilines is 1. The number of carbonyl (C=O) groups excluding carboxylic acids is 1. The maximum Gasteiger partial charge on any atom is 0.269 e. The van der Waals surface area contributed by atoms with E-state index in [4.69, 9.17) is 0 Å². The molecule has 1 N–H and O–H groups in total. The minimum atomic E-state index is -0.390. The number of nitro groups is 1. The Labute approximate surface area is 156 Å². The Hall–Kier alpha value is -3.28. The van der Waals surface area contributed by atoms with Crippen molar-refractivity contribution in [1.29, 1.82) is 0 Å². The largest absolute Gasteiger partial charge is 0.324 e. The molecule has 2 atom stereocenters. The fraction of sp³-hybridized carbons (Fsp3) is 0.238. The molecule has 0 unspecified atom stereocenters. The zero-order valence-electron chi connectivity index (χ0n) is 14.9. The third-order valence-electron chi connectivity index (χ3n) is 5.37. The minimum Gasteiger partial charge on any atom is -0.324 e. The van der Waals surface area contributed by atoms with Gasteiger partial charge in [0.25, 0.3) is 5.69 Å². The van der Waals surface area contributed by atoms with Gasteiger partial charge in [0.05, 0.1) is 16.1 Å². The zero-order chi connectivity index (χ0) is 19.0. The first-order chi connectivity index (χ1) is 13.0. The van der Waals surface area contributed by atoms with E-state index in [0.29, 0.717) is 5.69 Å². The van der Waals surface area contributed by atoms with Gasteiger partial charge >= 0.3 is 0 Å². The van der Waals surface area contributed by atoms with Crippen molar-refractivity contribution in [1.82, 2.24) is 4.98 Å². The van der Waals surface area contributed by atoms with E-state index in [9.17, 15) is 14.9 Å². The van der Waals surface area contributed by atoms with Crippen LogP contribution in [0.1, 0.15) is 29.9 Å². The van der Waals surface area contributed by atoms with E-state index in [-0.39, 0.29) is 23.4 Å². The molecule has 0 radical (unpaired) electrons. The van der Waals surface area contributed by atoms with Gasteiger partial charge in [-0.2, -0.15) is 0 Å². The summed E-state index contributed by atoms with van der Waals surface area (Å²) in [5, 5.41) is 15.1. The number of rotatable bonds is 4. The highest BCUT2D eigenvalue weighted by Gasteiger charge is 2.39. The molecule has 1 amide bonds. The first-order valence-electron chi connectivity index (χ1n) is 8.94. The number of amides is 1. The van der Waals surface area contributed by atoms with Gasteiger partial charge in [0.15, 0.2) is 0 Å². The van der Waals surface area contributed by atoms with E-state index in [1.165, 1.54) is 6.07 Å². The summed E-state index contributed by atoms with van der Waals surface area (Å²) in [4.78, 5) is 28.0. The van der Waals surface area contributed by atoms with Crippen molar-refractivity contribution < 1.29 is 9.72 Å². The van der Waals surface area contributed by atoms with Crippen LogP contribution in [0.15, 0.2) is 54.7 Å². The first kappa shape index (κ1) is 17.1. The number of hydrogen-bond donors (Lipinski definition) is 1. The summed E-state index contributed by atoms with van der Waals surface area (Å²) in [6, 6.07) is 14.4. The molecular weight excluding hydrogens is 342 g/mol. The van der Waals surface area contributed by atoms with Crippen molar-refractivity contribution in [2.24, 2.45) is 5.92 Å². The van der Waals surface area contributed by atoms with Crippen LogP contribution in [-0.4, -0.2) is 15.8 Å². The molecular formula is C21H19N3O3. The van der Waals surface area contributed by atoms with Gasteiger partial charge in [-0.1, -0.05) is 24.3 Å². The van der Waals surface area contributed by atoms with Crippen LogP contribution < -0.4 is 5.32 Å². The lowest BCUT2D eigenvalue weighted by atomic mass is 9.68. The first-order valence-corrected chi connectivity index (χ1v) is 8.94. The van der Waals surface area contributed by atoms with Crippen molar-refractivity contribution in [3.05, 3.63) is 76.0 Å². The van der Waals surface area contributed by atoms with Crippen molar-refractivity contribution in [3.63, 3.8) is 0 Å². The van der Waals surface area contributed by atoms with Gasteiger partial charge in [-0.05, 0) is 48.9 Å². The van der Waals surface area contributed by atoms with Crippen LogP contribution in [0.2, 0.25) is 0 Å². The standard InChI is InChI=1S/C21H19N3O3/c1-13-7-8-15(24(26)27)12-18(13)16-9-10-17(16)21(25)23-19-6-2-4-14-5-3-11-22-20(14)19/h2-8,11-12,16-17H,9-10H2,1H3,(H,23,25)/t16-,17+/m0/s1. The Morgan fingerprint density at radius 3 is 2.74 bits per heavy atom. The van der Waals surface area contributed by atoms with Crippen LogP contribution in [0.3, 0.4) is 0 Å². The number of hydrogen-bond acceptors (Lipinski definition) is 4. The van der Waals surface area contributed by atoms with Crippen molar-refractivity contribution in [2.45, 2.75) is 25.7 Å². The van der Waals surface area contributed by atoms with Gasteiger partial charge in [-0.25, -0.2) is 0 Å². The summed E-state index contributed by atoms with van der Waals surface area (Å²) >= 11 is 0. The number of para-hydroxylation sites is 1. The van der Waals surface area contributed by atoms with Gasteiger partial charge in [-0.3, -0.25) is 19.9 Å². The van der Waals surface area contributed by atoms with Gasteiger partial charge in [0.1, 0.15) is 0 Å². The van der Waals surface area contributed by atoms with Crippen LogP contribution in [0.5, 0.6) is 0 Å². The number of nitro benzene ring substituents is 1. The van der Waals surface area contributed by atoms with Crippen LogP contribution in [0.25, 0.3) is 10.9 Å². The monoisotopic (exact) mass is 361 g/mol. The zero-order valence-corrected chi connectivity index (χ0v) is 14.9. The lowest BCUT2D eigenvalue weighted by Gasteiger charge is -2.36. The van der Waals surface area contributed by atoms with E-state index >= 15 is 0 Å². The second-order valence-electron chi connectivity index (χ2n) is 6.96. The number of carbonyl (C=O) groups is 1. The number of non-ortho nitro benzene ring substituents is 1. The van der Waals surface area contributed by atoms with E-state index < -0.39 is 4.92 Å². The van der Waals surface area contributed by atoms with E-state index in [2.05, 4.69) is 10.3 Å². The fourth-order valence-electron chi connectivity index (χ4n) is 3.76. The summed E-state index contributed by atoms with van der Waals surface area (Å²) in [6.45, 7) is 1.93. The number of aromatic nitrogens is 1. The van der Waals surface area contributed by atoms with Crippen LogP contribution in [-0.2, 0) is 4.79 Å². The lowest BCUT2D eigenvalue weighted by molar-refractivity contribution is -0.385. The molecule has 1 aliphatic carbocycles. The Kier molecular flexibility index (Phi) is 4.32. The van der Waals surface area contributed by atoms with E-state index in [1.54, 1.807) is 18.3 Å². The van der Waals surface area contributed by atoms with Crippen molar-refractivity contribution >= 4 is 28.2 Å². The quantitative estimate of drug-likeness (QED) is 0.544. The third kappa shape index (κ3) is 3.14.